The van der Waals surface area contributed by atoms with E-state index in [2.05, 4.69) is 126 Å². The van der Waals surface area contributed by atoms with Crippen LogP contribution >= 0.6 is 0 Å². The molecule has 8 aromatic carbocycles. The first-order valence-electron chi connectivity index (χ1n) is 18.8. The summed E-state index contributed by atoms with van der Waals surface area (Å²) >= 11 is 0. The van der Waals surface area contributed by atoms with Crippen molar-refractivity contribution < 1.29 is 4.42 Å². The summed E-state index contributed by atoms with van der Waals surface area (Å²) in [4.78, 5) is 15.1. The van der Waals surface area contributed by atoms with E-state index in [1.807, 2.05) is 72.8 Å². The van der Waals surface area contributed by atoms with Crippen LogP contribution in [0.1, 0.15) is 0 Å². The molecular formula is C51H32N4O. The fourth-order valence-electron chi connectivity index (χ4n) is 8.02. The van der Waals surface area contributed by atoms with Gasteiger partial charge in [-0.2, -0.15) is 0 Å². The molecule has 56 heavy (non-hydrogen) atoms. The maximum atomic E-state index is 6.78. The Hall–Kier alpha value is -7.63. The highest BCUT2D eigenvalue weighted by Gasteiger charge is 2.22. The average molecular weight is 717 g/mol. The van der Waals surface area contributed by atoms with E-state index in [-0.39, 0.29) is 0 Å². The lowest BCUT2D eigenvalue weighted by molar-refractivity contribution is 0.670. The summed E-state index contributed by atoms with van der Waals surface area (Å²) in [6.45, 7) is 0. The van der Waals surface area contributed by atoms with Crippen LogP contribution in [0.5, 0.6) is 0 Å². The van der Waals surface area contributed by atoms with Gasteiger partial charge in [-0.3, -0.25) is 0 Å². The van der Waals surface area contributed by atoms with Crippen molar-refractivity contribution in [1.29, 1.82) is 0 Å². The fourth-order valence-corrected chi connectivity index (χ4v) is 8.02. The van der Waals surface area contributed by atoms with Crippen LogP contribution in [-0.2, 0) is 0 Å². The molecule has 0 radical (unpaired) electrons. The van der Waals surface area contributed by atoms with Crippen LogP contribution in [0.2, 0.25) is 0 Å². The van der Waals surface area contributed by atoms with Gasteiger partial charge in [0.15, 0.2) is 17.5 Å². The monoisotopic (exact) mass is 716 g/mol. The maximum Gasteiger partial charge on any atom is 0.164 e. The predicted octanol–water partition coefficient (Wildman–Crippen LogP) is 13.2. The van der Waals surface area contributed by atoms with Gasteiger partial charge >= 0.3 is 0 Å². The fraction of sp³-hybridized carbons (Fsp3) is 0. The number of para-hydroxylation sites is 2. The second-order valence-electron chi connectivity index (χ2n) is 14.0. The Morgan fingerprint density at radius 2 is 0.875 bits per heavy atom. The Kier molecular flexibility index (Phi) is 7.42. The number of hydrogen-bond acceptors (Lipinski definition) is 4. The molecule has 0 unspecified atom stereocenters. The molecule has 0 spiro atoms. The van der Waals surface area contributed by atoms with Crippen molar-refractivity contribution in [2.75, 3.05) is 0 Å². The van der Waals surface area contributed by atoms with Gasteiger partial charge in [0.1, 0.15) is 11.2 Å². The van der Waals surface area contributed by atoms with Crippen LogP contribution in [0.3, 0.4) is 0 Å². The standard InChI is InChI=1S/C51H32N4O/c1-4-14-33(15-5-1)34-24-27-38(28-25-34)55-44-22-12-10-20-40(44)43-32-37(26-31-45(43)55)39-29-30-42(47-41-21-11-13-23-46(41)56-48(39)47)51-53-49(35-16-6-2-7-17-35)52-50(54-51)36-18-8-3-9-19-36/h1-32H. The summed E-state index contributed by atoms with van der Waals surface area (Å²) in [6, 6.07) is 67.4. The van der Waals surface area contributed by atoms with Crippen molar-refractivity contribution in [1.82, 2.24) is 19.5 Å². The topological polar surface area (TPSA) is 56.7 Å². The number of hydrogen-bond donors (Lipinski definition) is 0. The Balaban J connectivity index is 1.10. The molecule has 11 rings (SSSR count). The third kappa shape index (κ3) is 5.29. The molecule has 5 nitrogen and oxygen atoms in total. The first-order chi connectivity index (χ1) is 27.8. The highest BCUT2D eigenvalue weighted by atomic mass is 16.3. The zero-order valence-electron chi connectivity index (χ0n) is 30.2. The summed E-state index contributed by atoms with van der Waals surface area (Å²) in [5, 5.41) is 4.36. The second kappa shape index (κ2) is 13.0. The molecule has 0 amide bonds. The van der Waals surface area contributed by atoms with Crippen LogP contribution in [0.15, 0.2) is 199 Å². The van der Waals surface area contributed by atoms with E-state index in [9.17, 15) is 0 Å². The van der Waals surface area contributed by atoms with Crippen molar-refractivity contribution in [3.63, 3.8) is 0 Å². The molecule has 5 heteroatoms. The lowest BCUT2D eigenvalue weighted by Gasteiger charge is -2.11. The maximum absolute atomic E-state index is 6.78. The quantitative estimate of drug-likeness (QED) is 0.172. The lowest BCUT2D eigenvalue weighted by atomic mass is 9.97. The minimum atomic E-state index is 0.595. The molecule has 0 aliphatic carbocycles. The predicted molar refractivity (Wildman–Crippen MR) is 229 cm³/mol. The molecule has 0 N–H and O–H groups in total. The molecule has 0 bridgehead atoms. The van der Waals surface area contributed by atoms with Crippen molar-refractivity contribution in [2.24, 2.45) is 0 Å². The number of furan rings is 1. The molecule has 11 aromatic rings. The zero-order chi connectivity index (χ0) is 37.0. The number of nitrogens with zero attached hydrogens (tertiary/aromatic N) is 4. The minimum Gasteiger partial charge on any atom is -0.455 e. The van der Waals surface area contributed by atoms with Crippen LogP contribution in [-0.4, -0.2) is 19.5 Å². The highest BCUT2D eigenvalue weighted by molar-refractivity contribution is 6.17. The van der Waals surface area contributed by atoms with E-state index < -0.39 is 0 Å². The molecule has 0 atom stereocenters. The summed E-state index contributed by atoms with van der Waals surface area (Å²) in [5.41, 5.74) is 12.3. The van der Waals surface area contributed by atoms with Crippen molar-refractivity contribution >= 4 is 43.7 Å². The van der Waals surface area contributed by atoms with E-state index >= 15 is 0 Å². The van der Waals surface area contributed by atoms with Gasteiger partial charge < -0.3 is 8.98 Å². The summed E-state index contributed by atoms with van der Waals surface area (Å²) in [6.07, 6.45) is 0. The van der Waals surface area contributed by atoms with E-state index in [0.717, 1.165) is 66.5 Å². The van der Waals surface area contributed by atoms with Crippen LogP contribution < -0.4 is 0 Å². The van der Waals surface area contributed by atoms with E-state index in [1.54, 1.807) is 0 Å². The van der Waals surface area contributed by atoms with Crippen LogP contribution in [0, 0.1) is 0 Å². The minimum absolute atomic E-state index is 0.595. The summed E-state index contributed by atoms with van der Waals surface area (Å²) in [7, 11) is 0. The van der Waals surface area contributed by atoms with Gasteiger partial charge in [0.2, 0.25) is 0 Å². The second-order valence-corrected chi connectivity index (χ2v) is 14.0. The number of fused-ring (bicyclic) bond motifs is 6. The Bertz CT molecular complexity index is 3160. The molecular weight excluding hydrogens is 685 g/mol. The molecule has 0 fully saturated rings. The molecule has 0 aliphatic heterocycles. The zero-order valence-corrected chi connectivity index (χ0v) is 30.2. The average Bonchev–Trinajstić information content (AvgIpc) is 3.83. The summed E-state index contributed by atoms with van der Waals surface area (Å²) < 4.78 is 9.13. The Labute approximate surface area is 322 Å². The molecule has 262 valence electrons. The van der Waals surface area contributed by atoms with Gasteiger partial charge in [0.05, 0.1) is 11.0 Å². The molecule has 0 saturated carbocycles. The molecule has 3 heterocycles. The number of aromatic nitrogens is 4. The first-order valence-corrected chi connectivity index (χ1v) is 18.8. The SMILES string of the molecule is c1ccc(-c2ccc(-n3c4ccccc4c4cc(-c5ccc(-c6nc(-c7ccccc7)nc(-c7ccccc7)n6)c6c5oc5ccccc56)ccc43)cc2)cc1. The Morgan fingerprint density at radius 1 is 0.357 bits per heavy atom. The van der Waals surface area contributed by atoms with Crippen molar-refractivity contribution in [2.45, 2.75) is 0 Å². The molecule has 3 aromatic heterocycles. The largest absolute Gasteiger partial charge is 0.455 e. The van der Waals surface area contributed by atoms with Gasteiger partial charge in [-0.05, 0) is 65.2 Å². The highest BCUT2D eigenvalue weighted by Crippen LogP contribution is 2.43. The van der Waals surface area contributed by atoms with E-state index in [1.165, 1.54) is 21.9 Å². The number of benzene rings is 8. The lowest BCUT2D eigenvalue weighted by Crippen LogP contribution is -2.00. The van der Waals surface area contributed by atoms with Gasteiger partial charge in [0, 0.05) is 49.5 Å². The van der Waals surface area contributed by atoms with Crippen LogP contribution in [0.4, 0.5) is 0 Å². The Morgan fingerprint density at radius 3 is 1.57 bits per heavy atom. The van der Waals surface area contributed by atoms with Gasteiger partial charge in [-0.25, -0.2) is 15.0 Å². The van der Waals surface area contributed by atoms with Crippen LogP contribution in [0.25, 0.3) is 106 Å². The normalized spacial score (nSPS) is 11.6. The first kappa shape index (κ1) is 31.9. The third-order valence-corrected chi connectivity index (χ3v) is 10.7. The van der Waals surface area contributed by atoms with E-state index in [0.29, 0.717) is 17.5 Å². The number of rotatable bonds is 6. The molecule has 0 aliphatic rings. The molecule has 0 saturated heterocycles. The van der Waals surface area contributed by atoms with Gasteiger partial charge in [-0.1, -0.05) is 146 Å². The summed E-state index contributed by atoms with van der Waals surface area (Å²) in [5.74, 6) is 1.84. The smallest absolute Gasteiger partial charge is 0.164 e. The van der Waals surface area contributed by atoms with E-state index in [4.69, 9.17) is 19.4 Å². The third-order valence-electron chi connectivity index (χ3n) is 10.7. The van der Waals surface area contributed by atoms with Gasteiger partial charge in [0.25, 0.3) is 0 Å². The van der Waals surface area contributed by atoms with Crippen molar-refractivity contribution in [3.05, 3.63) is 194 Å². The van der Waals surface area contributed by atoms with Gasteiger partial charge in [-0.15, -0.1) is 0 Å². The van der Waals surface area contributed by atoms with Crippen molar-refractivity contribution in [3.8, 4) is 62.1 Å².